The fourth-order valence-corrected chi connectivity index (χ4v) is 2.29. The quantitative estimate of drug-likeness (QED) is 0.709. The van der Waals surface area contributed by atoms with E-state index in [9.17, 15) is 22.8 Å². The van der Waals surface area contributed by atoms with Gasteiger partial charge in [0.15, 0.2) is 6.61 Å². The van der Waals surface area contributed by atoms with Gasteiger partial charge in [-0.15, -0.1) is 0 Å². The first kappa shape index (κ1) is 21.3. The summed E-state index contributed by atoms with van der Waals surface area (Å²) in [6.45, 7) is 4.07. The molecule has 0 atom stereocenters. The number of alkyl halides is 3. The van der Waals surface area contributed by atoms with Gasteiger partial charge in [0.1, 0.15) is 5.75 Å². The van der Waals surface area contributed by atoms with Crippen LogP contribution >= 0.6 is 0 Å². The van der Waals surface area contributed by atoms with Gasteiger partial charge in [0.05, 0.1) is 5.56 Å². The lowest BCUT2D eigenvalue weighted by molar-refractivity contribution is -0.137. The first-order valence-corrected chi connectivity index (χ1v) is 8.59. The summed E-state index contributed by atoms with van der Waals surface area (Å²) < 4.78 is 42.9. The van der Waals surface area contributed by atoms with Crippen LogP contribution in [0.15, 0.2) is 42.5 Å². The Balaban J connectivity index is 1.69. The lowest BCUT2D eigenvalue weighted by Gasteiger charge is -2.10. The van der Waals surface area contributed by atoms with Crippen molar-refractivity contribution >= 4 is 11.8 Å². The lowest BCUT2D eigenvalue weighted by atomic mass is 10.1. The molecular formula is C20H21F3N2O3. The molecule has 0 unspecified atom stereocenters. The van der Waals surface area contributed by atoms with Crippen molar-refractivity contribution in [1.82, 2.24) is 10.6 Å². The molecule has 0 saturated heterocycles. The van der Waals surface area contributed by atoms with Gasteiger partial charge >= 0.3 is 6.18 Å². The average Bonchev–Trinajstić information content (AvgIpc) is 2.65. The molecule has 0 aliphatic rings. The molecule has 2 amide bonds. The Morgan fingerprint density at radius 2 is 1.57 bits per heavy atom. The van der Waals surface area contributed by atoms with Crippen molar-refractivity contribution in [2.75, 3.05) is 19.7 Å². The van der Waals surface area contributed by atoms with E-state index in [4.69, 9.17) is 4.74 Å². The van der Waals surface area contributed by atoms with Crippen molar-refractivity contribution < 1.29 is 27.5 Å². The number of aryl methyl sites for hydroxylation is 2. The van der Waals surface area contributed by atoms with Crippen LogP contribution in [0, 0.1) is 13.8 Å². The van der Waals surface area contributed by atoms with E-state index in [1.807, 2.05) is 26.0 Å². The van der Waals surface area contributed by atoms with E-state index in [1.165, 1.54) is 0 Å². The van der Waals surface area contributed by atoms with Crippen LogP contribution in [-0.2, 0) is 11.0 Å². The topological polar surface area (TPSA) is 67.4 Å². The first-order valence-electron chi connectivity index (χ1n) is 8.59. The molecule has 0 saturated carbocycles. The SMILES string of the molecule is Cc1ccc(OCC(=O)NCCNC(=O)c2ccc(C(F)(F)F)cc2)cc1C. The Bertz CT molecular complexity index is 834. The molecule has 2 aromatic rings. The molecule has 0 bridgehead atoms. The second-order valence-corrected chi connectivity index (χ2v) is 6.22. The minimum atomic E-state index is -4.45. The summed E-state index contributed by atoms with van der Waals surface area (Å²) in [7, 11) is 0. The fourth-order valence-electron chi connectivity index (χ4n) is 2.29. The largest absolute Gasteiger partial charge is 0.484 e. The van der Waals surface area contributed by atoms with Gasteiger partial charge < -0.3 is 15.4 Å². The first-order chi connectivity index (χ1) is 13.2. The highest BCUT2D eigenvalue weighted by molar-refractivity contribution is 5.94. The number of rotatable bonds is 7. The molecule has 28 heavy (non-hydrogen) atoms. The third-order valence-electron chi connectivity index (χ3n) is 4.06. The Morgan fingerprint density at radius 1 is 0.929 bits per heavy atom. The highest BCUT2D eigenvalue weighted by Gasteiger charge is 2.30. The maximum atomic E-state index is 12.5. The molecule has 2 N–H and O–H groups in total. The Kier molecular flexibility index (Phi) is 7.03. The van der Waals surface area contributed by atoms with Crippen LogP contribution in [0.4, 0.5) is 13.2 Å². The molecule has 0 heterocycles. The molecule has 0 spiro atoms. The van der Waals surface area contributed by atoms with E-state index in [0.29, 0.717) is 5.75 Å². The lowest BCUT2D eigenvalue weighted by Crippen LogP contribution is -2.36. The number of carbonyl (C=O) groups is 2. The summed E-state index contributed by atoms with van der Waals surface area (Å²) in [5, 5.41) is 5.11. The third-order valence-corrected chi connectivity index (χ3v) is 4.06. The summed E-state index contributed by atoms with van der Waals surface area (Å²) in [6.07, 6.45) is -4.45. The number of hydrogen-bond donors (Lipinski definition) is 2. The molecule has 5 nitrogen and oxygen atoms in total. The van der Waals surface area contributed by atoms with E-state index < -0.39 is 17.6 Å². The molecule has 0 radical (unpaired) electrons. The van der Waals surface area contributed by atoms with Gasteiger partial charge in [0.2, 0.25) is 0 Å². The van der Waals surface area contributed by atoms with Crippen LogP contribution in [-0.4, -0.2) is 31.5 Å². The summed E-state index contributed by atoms with van der Waals surface area (Å²) in [5.74, 6) is -0.273. The highest BCUT2D eigenvalue weighted by atomic mass is 19.4. The maximum absolute atomic E-state index is 12.5. The van der Waals surface area contributed by atoms with Crippen LogP contribution in [0.1, 0.15) is 27.0 Å². The molecule has 0 aliphatic carbocycles. The zero-order valence-corrected chi connectivity index (χ0v) is 15.5. The average molecular weight is 394 g/mol. The van der Waals surface area contributed by atoms with E-state index in [1.54, 1.807) is 6.07 Å². The minimum absolute atomic E-state index is 0.109. The molecule has 0 aromatic heterocycles. The Morgan fingerprint density at radius 3 is 2.18 bits per heavy atom. The predicted octanol–water partition coefficient (Wildman–Crippen LogP) is 3.25. The third kappa shape index (κ3) is 6.29. The van der Waals surface area contributed by atoms with Gasteiger partial charge in [-0.25, -0.2) is 0 Å². The zero-order chi connectivity index (χ0) is 20.7. The monoisotopic (exact) mass is 394 g/mol. The standard InChI is InChI=1S/C20H21F3N2O3/c1-13-3-8-17(11-14(13)2)28-12-18(26)24-9-10-25-19(27)15-4-6-16(7-5-15)20(21,22)23/h3-8,11H,9-10,12H2,1-2H3,(H,24,26)(H,25,27). The smallest absolute Gasteiger partial charge is 0.416 e. The van der Waals surface area contributed by atoms with Gasteiger partial charge in [0.25, 0.3) is 11.8 Å². The van der Waals surface area contributed by atoms with Crippen molar-refractivity contribution in [2.24, 2.45) is 0 Å². The zero-order valence-electron chi connectivity index (χ0n) is 15.5. The minimum Gasteiger partial charge on any atom is -0.484 e. The van der Waals surface area contributed by atoms with Gasteiger partial charge in [0, 0.05) is 18.7 Å². The number of halogens is 3. The maximum Gasteiger partial charge on any atom is 0.416 e. The second-order valence-electron chi connectivity index (χ2n) is 6.22. The van der Waals surface area contributed by atoms with Crippen molar-refractivity contribution in [3.05, 3.63) is 64.7 Å². The number of benzene rings is 2. The van der Waals surface area contributed by atoms with Gasteiger partial charge in [-0.3, -0.25) is 9.59 Å². The summed E-state index contributed by atoms with van der Waals surface area (Å²) in [5.41, 5.74) is 1.47. The number of amides is 2. The summed E-state index contributed by atoms with van der Waals surface area (Å²) in [6, 6.07) is 9.43. The van der Waals surface area contributed by atoms with Crippen molar-refractivity contribution in [2.45, 2.75) is 20.0 Å². The van der Waals surface area contributed by atoms with E-state index in [0.717, 1.165) is 35.4 Å². The molecule has 2 rings (SSSR count). The molecule has 0 fully saturated rings. The number of nitrogens with one attached hydrogen (secondary N) is 2. The number of hydrogen-bond acceptors (Lipinski definition) is 3. The molecule has 8 heteroatoms. The van der Waals surface area contributed by atoms with E-state index in [-0.39, 0.29) is 31.2 Å². The van der Waals surface area contributed by atoms with Crippen molar-refractivity contribution in [3.8, 4) is 5.75 Å². The number of carbonyl (C=O) groups excluding carboxylic acids is 2. The van der Waals surface area contributed by atoms with Crippen LogP contribution in [0.3, 0.4) is 0 Å². The van der Waals surface area contributed by atoms with Crippen molar-refractivity contribution in [3.63, 3.8) is 0 Å². The molecule has 150 valence electrons. The highest BCUT2D eigenvalue weighted by Crippen LogP contribution is 2.29. The van der Waals surface area contributed by atoms with Crippen LogP contribution < -0.4 is 15.4 Å². The van der Waals surface area contributed by atoms with E-state index in [2.05, 4.69) is 10.6 Å². The summed E-state index contributed by atoms with van der Waals surface area (Å²) >= 11 is 0. The van der Waals surface area contributed by atoms with Gasteiger partial charge in [-0.1, -0.05) is 6.07 Å². The Labute approximate surface area is 160 Å². The Hall–Kier alpha value is -3.03. The van der Waals surface area contributed by atoms with Gasteiger partial charge in [-0.2, -0.15) is 13.2 Å². The molecule has 0 aliphatic heterocycles. The number of ether oxygens (including phenoxy) is 1. The predicted molar refractivity (Wildman–Crippen MR) is 98.2 cm³/mol. The molecule has 2 aromatic carbocycles. The fraction of sp³-hybridized carbons (Fsp3) is 0.300. The molecular weight excluding hydrogens is 373 g/mol. The van der Waals surface area contributed by atoms with E-state index >= 15 is 0 Å². The van der Waals surface area contributed by atoms with Crippen molar-refractivity contribution in [1.29, 1.82) is 0 Å². The summed E-state index contributed by atoms with van der Waals surface area (Å²) in [4.78, 5) is 23.6. The van der Waals surface area contributed by atoms with Crippen LogP contribution in [0.2, 0.25) is 0 Å². The second kappa shape index (κ2) is 9.25. The van der Waals surface area contributed by atoms with Gasteiger partial charge in [-0.05, 0) is 61.4 Å². The van der Waals surface area contributed by atoms with Crippen LogP contribution in [0.5, 0.6) is 5.75 Å². The van der Waals surface area contributed by atoms with Crippen LogP contribution in [0.25, 0.3) is 0 Å². The normalized spacial score (nSPS) is 11.0.